The molecule has 0 radical (unpaired) electrons. The lowest BCUT2D eigenvalue weighted by molar-refractivity contribution is 0.100. The highest BCUT2D eigenvalue weighted by Crippen LogP contribution is 2.57. The summed E-state index contributed by atoms with van der Waals surface area (Å²) in [6.45, 7) is 5.14. The van der Waals surface area contributed by atoms with Crippen molar-refractivity contribution >= 4 is 27.5 Å². The molecule has 5 aromatic carbocycles. The monoisotopic (exact) mass is 600 g/mol. The first-order valence-corrected chi connectivity index (χ1v) is 14.4. The van der Waals surface area contributed by atoms with Crippen LogP contribution >= 0.6 is 15.9 Å². The lowest BCUT2D eigenvalue weighted by atomic mass is 9.66. The minimum Gasteiger partial charge on any atom is -0.496 e. The van der Waals surface area contributed by atoms with Gasteiger partial charge < -0.3 is 4.74 Å². The van der Waals surface area contributed by atoms with Gasteiger partial charge in [-0.3, -0.25) is 9.59 Å². The average Bonchev–Trinajstić information content (AvgIpc) is 3.26. The van der Waals surface area contributed by atoms with Gasteiger partial charge in [-0.25, -0.2) is 0 Å². The molecule has 1 aliphatic rings. The van der Waals surface area contributed by atoms with E-state index in [1.54, 1.807) is 21.0 Å². The number of benzene rings is 5. The van der Waals surface area contributed by atoms with E-state index < -0.39 is 5.41 Å². The van der Waals surface area contributed by atoms with Crippen molar-refractivity contribution in [2.75, 3.05) is 7.11 Å². The highest BCUT2D eigenvalue weighted by molar-refractivity contribution is 9.10. The van der Waals surface area contributed by atoms with Gasteiger partial charge in [0.25, 0.3) is 0 Å². The number of halogens is 1. The fourth-order valence-electron chi connectivity index (χ4n) is 6.35. The van der Waals surface area contributed by atoms with Gasteiger partial charge in [0.1, 0.15) is 5.75 Å². The Balaban J connectivity index is 1.79. The zero-order chi connectivity index (χ0) is 28.9. The molecule has 202 valence electrons. The molecule has 0 saturated heterocycles. The lowest BCUT2D eigenvalue weighted by Crippen LogP contribution is -2.29. The highest BCUT2D eigenvalue weighted by Gasteiger charge is 2.47. The number of carbonyl (C=O) groups is 2. The summed E-state index contributed by atoms with van der Waals surface area (Å²) in [5.41, 5.74) is 9.89. The number of methoxy groups -OCH3 is 1. The third kappa shape index (κ3) is 4.25. The Hall–Kier alpha value is -4.28. The van der Waals surface area contributed by atoms with E-state index in [2.05, 4.69) is 70.5 Å². The minimum atomic E-state index is -0.798. The van der Waals surface area contributed by atoms with Gasteiger partial charge in [-0.05, 0) is 107 Å². The number of ketones is 2. The Labute approximate surface area is 249 Å². The van der Waals surface area contributed by atoms with Gasteiger partial charge in [-0.2, -0.15) is 0 Å². The van der Waals surface area contributed by atoms with Crippen LogP contribution in [0.25, 0.3) is 22.3 Å². The van der Waals surface area contributed by atoms with Crippen LogP contribution in [0.1, 0.15) is 62.4 Å². The van der Waals surface area contributed by atoms with Crippen molar-refractivity contribution in [2.45, 2.75) is 26.2 Å². The normalized spacial score (nSPS) is 15.2. The topological polar surface area (TPSA) is 43.4 Å². The number of carbonyl (C=O) groups excluding carboxylic acids is 2. The summed E-state index contributed by atoms with van der Waals surface area (Å²) >= 11 is 3.74. The zero-order valence-electron chi connectivity index (χ0n) is 23.4. The number of ether oxygens (including phenoxy) is 1. The van der Waals surface area contributed by atoms with Gasteiger partial charge in [0, 0.05) is 10.0 Å². The van der Waals surface area contributed by atoms with E-state index >= 15 is 0 Å². The van der Waals surface area contributed by atoms with E-state index in [1.807, 2.05) is 55.5 Å². The number of hydrogen-bond acceptors (Lipinski definition) is 3. The van der Waals surface area contributed by atoms with Crippen LogP contribution in [-0.4, -0.2) is 18.7 Å². The number of Topliss-reactive ketones (excluding diaryl/α,β-unsaturated/α-hetero) is 2. The summed E-state index contributed by atoms with van der Waals surface area (Å²) < 4.78 is 6.55. The molecule has 1 atom stereocenters. The van der Waals surface area contributed by atoms with Crippen molar-refractivity contribution in [3.05, 3.63) is 147 Å². The molecule has 6 rings (SSSR count). The molecule has 0 N–H and O–H groups in total. The second-order valence-corrected chi connectivity index (χ2v) is 11.5. The Bertz CT molecular complexity index is 1850. The van der Waals surface area contributed by atoms with Crippen LogP contribution in [0.3, 0.4) is 0 Å². The van der Waals surface area contributed by atoms with Gasteiger partial charge in [0.05, 0.1) is 18.1 Å². The molecule has 0 bridgehead atoms. The number of aryl methyl sites for hydroxylation is 1. The molecular weight excluding hydrogens is 572 g/mol. The predicted molar refractivity (Wildman–Crippen MR) is 168 cm³/mol. The second-order valence-electron chi connectivity index (χ2n) is 10.6. The molecule has 1 unspecified atom stereocenters. The Morgan fingerprint density at radius 1 is 0.659 bits per heavy atom. The van der Waals surface area contributed by atoms with Gasteiger partial charge in [0.2, 0.25) is 0 Å². The van der Waals surface area contributed by atoms with Crippen molar-refractivity contribution in [1.82, 2.24) is 0 Å². The van der Waals surface area contributed by atoms with Crippen molar-refractivity contribution in [2.24, 2.45) is 0 Å². The van der Waals surface area contributed by atoms with Crippen molar-refractivity contribution in [1.29, 1.82) is 0 Å². The van der Waals surface area contributed by atoms with Crippen LogP contribution in [0.4, 0.5) is 0 Å². The fraction of sp³-hybridized carbons (Fsp3) is 0.135. The highest BCUT2D eigenvalue weighted by atomic mass is 79.9. The molecule has 3 nitrogen and oxygen atoms in total. The largest absolute Gasteiger partial charge is 0.496 e. The molecule has 1 aliphatic carbocycles. The van der Waals surface area contributed by atoms with Gasteiger partial charge in [-0.15, -0.1) is 0 Å². The molecule has 0 spiro atoms. The van der Waals surface area contributed by atoms with E-state index in [-0.39, 0.29) is 11.6 Å². The van der Waals surface area contributed by atoms with Gasteiger partial charge in [-0.1, -0.05) is 82.7 Å². The summed E-state index contributed by atoms with van der Waals surface area (Å²) in [4.78, 5) is 25.7. The number of fused-ring (bicyclic) bond motifs is 3. The standard InChI is InChI=1S/C37H29BrO3/c1-22-10-12-27(19-32(22)23(2)39)37(28-13-17-36(41-4)33(20-28)24(3)40)34-18-26(25-8-6-5-7-9-25)11-15-30(34)31-16-14-29(38)21-35(31)37/h5-21H,1-4H3. The maximum atomic E-state index is 12.9. The Morgan fingerprint density at radius 3 is 1.93 bits per heavy atom. The van der Waals surface area contributed by atoms with E-state index in [9.17, 15) is 9.59 Å². The molecular formula is C37H29BrO3. The molecule has 5 aromatic rings. The molecule has 4 heteroatoms. The minimum absolute atomic E-state index is 0.0179. The SMILES string of the molecule is COc1ccc(C2(c3ccc(C)c(C(C)=O)c3)c3cc(Br)ccc3-c3ccc(-c4ccccc4)cc32)cc1C(C)=O. The molecule has 0 saturated carbocycles. The average molecular weight is 602 g/mol. The van der Waals surface area contributed by atoms with E-state index in [0.717, 1.165) is 54.5 Å². The second kappa shape index (κ2) is 10.3. The number of hydrogen-bond donors (Lipinski definition) is 0. The summed E-state index contributed by atoms with van der Waals surface area (Å²) in [5.74, 6) is 0.484. The van der Waals surface area contributed by atoms with E-state index in [0.29, 0.717) is 16.9 Å². The van der Waals surface area contributed by atoms with Crippen molar-refractivity contribution < 1.29 is 14.3 Å². The van der Waals surface area contributed by atoms with Crippen LogP contribution in [-0.2, 0) is 5.41 Å². The maximum absolute atomic E-state index is 12.9. The molecule has 0 aliphatic heterocycles. The van der Waals surface area contributed by atoms with Crippen LogP contribution in [0, 0.1) is 6.92 Å². The third-order valence-corrected chi connectivity index (χ3v) is 8.76. The Kier molecular flexibility index (Phi) is 6.75. The molecule has 0 fully saturated rings. The van der Waals surface area contributed by atoms with Crippen molar-refractivity contribution in [3.8, 4) is 28.0 Å². The first kappa shape index (κ1) is 26.9. The van der Waals surface area contributed by atoms with Gasteiger partial charge in [0.15, 0.2) is 11.6 Å². The quantitative estimate of drug-likeness (QED) is 0.179. The molecule has 0 amide bonds. The smallest absolute Gasteiger partial charge is 0.163 e. The summed E-state index contributed by atoms with van der Waals surface area (Å²) in [5, 5.41) is 0. The maximum Gasteiger partial charge on any atom is 0.163 e. The summed E-state index contributed by atoms with van der Waals surface area (Å²) in [6, 6.07) is 35.4. The molecule has 0 aromatic heterocycles. The predicted octanol–water partition coefficient (Wildman–Crippen LogP) is 9.20. The van der Waals surface area contributed by atoms with Crippen LogP contribution < -0.4 is 4.74 Å². The third-order valence-electron chi connectivity index (χ3n) is 8.27. The fourth-order valence-corrected chi connectivity index (χ4v) is 6.71. The zero-order valence-corrected chi connectivity index (χ0v) is 25.0. The van der Waals surface area contributed by atoms with E-state index in [4.69, 9.17) is 4.74 Å². The first-order chi connectivity index (χ1) is 19.7. The van der Waals surface area contributed by atoms with Crippen LogP contribution in [0.5, 0.6) is 5.75 Å². The first-order valence-electron chi connectivity index (χ1n) is 13.6. The van der Waals surface area contributed by atoms with Crippen LogP contribution in [0.15, 0.2) is 108 Å². The summed E-state index contributed by atoms with van der Waals surface area (Å²) in [7, 11) is 1.58. The summed E-state index contributed by atoms with van der Waals surface area (Å²) in [6.07, 6.45) is 0. The lowest BCUT2D eigenvalue weighted by Gasteiger charge is -2.35. The molecule has 41 heavy (non-hydrogen) atoms. The van der Waals surface area contributed by atoms with Crippen molar-refractivity contribution in [3.63, 3.8) is 0 Å². The van der Waals surface area contributed by atoms with Gasteiger partial charge >= 0.3 is 0 Å². The van der Waals surface area contributed by atoms with E-state index in [1.165, 1.54) is 0 Å². The number of rotatable bonds is 6. The molecule has 0 heterocycles. The van der Waals surface area contributed by atoms with Crippen LogP contribution in [0.2, 0.25) is 0 Å². The Morgan fingerprint density at radius 2 is 1.27 bits per heavy atom.